The van der Waals surface area contributed by atoms with Crippen LogP contribution in [0.25, 0.3) is 0 Å². The van der Waals surface area contributed by atoms with Crippen molar-refractivity contribution in [2.75, 3.05) is 19.6 Å². The van der Waals surface area contributed by atoms with Crippen LogP contribution in [0.15, 0.2) is 12.7 Å². The van der Waals surface area contributed by atoms with Crippen LogP contribution in [0.4, 0.5) is 0 Å². The maximum Gasteiger partial charge on any atom is 0.243 e. The first kappa shape index (κ1) is 10.3. The van der Waals surface area contributed by atoms with Crippen molar-refractivity contribution in [3.63, 3.8) is 0 Å². The van der Waals surface area contributed by atoms with Crippen LogP contribution >= 0.6 is 0 Å². The molecule has 1 aliphatic rings. The van der Waals surface area contributed by atoms with Gasteiger partial charge in [0, 0.05) is 19.1 Å². The summed E-state index contributed by atoms with van der Waals surface area (Å²) in [4.78, 5) is 13.4. The van der Waals surface area contributed by atoms with E-state index in [4.69, 9.17) is 0 Å². The fourth-order valence-corrected chi connectivity index (χ4v) is 1.65. The van der Waals surface area contributed by atoms with E-state index in [1.54, 1.807) is 0 Å². The molecule has 1 rings (SSSR count). The highest BCUT2D eigenvalue weighted by Crippen LogP contribution is 2.09. The molecule has 0 aliphatic carbocycles. The highest BCUT2D eigenvalue weighted by molar-refractivity contribution is 5.87. The smallest absolute Gasteiger partial charge is 0.243 e. The molecule has 3 heteroatoms. The molecule has 1 aliphatic heterocycles. The van der Waals surface area contributed by atoms with E-state index in [2.05, 4.69) is 23.7 Å². The van der Waals surface area contributed by atoms with Gasteiger partial charge in [-0.05, 0) is 25.5 Å². The Balaban J connectivity index is 2.24. The molecule has 1 saturated heterocycles. The van der Waals surface area contributed by atoms with Crippen LogP contribution in [0.1, 0.15) is 19.8 Å². The molecule has 0 atom stereocenters. The summed E-state index contributed by atoms with van der Waals surface area (Å²) in [5.74, 6) is -0.0463. The Morgan fingerprint density at radius 3 is 2.69 bits per heavy atom. The molecular formula is C10H18N2O. The summed E-state index contributed by atoms with van der Waals surface area (Å²) in [6.45, 7) is 8.91. The normalized spacial score (nSPS) is 19.8. The van der Waals surface area contributed by atoms with E-state index >= 15 is 0 Å². The number of nitrogens with one attached hydrogen (secondary N) is 1. The zero-order valence-corrected chi connectivity index (χ0v) is 8.25. The van der Waals surface area contributed by atoms with Gasteiger partial charge in [0.2, 0.25) is 5.91 Å². The van der Waals surface area contributed by atoms with Gasteiger partial charge < -0.3 is 10.2 Å². The molecule has 0 radical (unpaired) electrons. The van der Waals surface area contributed by atoms with Gasteiger partial charge in [0.05, 0.1) is 0 Å². The number of likely N-dealkylation sites (tertiary alicyclic amines) is 1. The molecule has 1 N–H and O–H groups in total. The monoisotopic (exact) mass is 182 g/mol. The predicted molar refractivity (Wildman–Crippen MR) is 53.5 cm³/mol. The minimum absolute atomic E-state index is 0.0463. The molecule has 0 unspecified atom stereocenters. The third-order valence-electron chi connectivity index (χ3n) is 2.57. The van der Waals surface area contributed by atoms with Crippen molar-refractivity contribution in [2.45, 2.75) is 25.8 Å². The van der Waals surface area contributed by atoms with Crippen LogP contribution < -0.4 is 5.32 Å². The van der Waals surface area contributed by atoms with Gasteiger partial charge in [0.1, 0.15) is 0 Å². The van der Waals surface area contributed by atoms with E-state index in [1.165, 1.54) is 6.08 Å². The molecule has 0 aromatic heterocycles. The second kappa shape index (κ2) is 5.02. The van der Waals surface area contributed by atoms with Crippen molar-refractivity contribution in [1.82, 2.24) is 10.2 Å². The van der Waals surface area contributed by atoms with E-state index in [9.17, 15) is 4.79 Å². The number of hydrogen-bond donors (Lipinski definition) is 1. The van der Waals surface area contributed by atoms with Crippen LogP contribution in [0.5, 0.6) is 0 Å². The Morgan fingerprint density at radius 1 is 1.62 bits per heavy atom. The number of piperidine rings is 1. The lowest BCUT2D eigenvalue weighted by Crippen LogP contribution is -2.44. The highest BCUT2D eigenvalue weighted by Gasteiger charge is 2.18. The molecule has 1 amide bonds. The molecule has 0 spiro atoms. The summed E-state index contributed by atoms with van der Waals surface area (Å²) >= 11 is 0. The topological polar surface area (TPSA) is 32.3 Å². The van der Waals surface area contributed by atoms with Crippen LogP contribution in [-0.2, 0) is 4.79 Å². The largest absolute Gasteiger partial charge is 0.350 e. The van der Waals surface area contributed by atoms with Crippen LogP contribution in [0.2, 0.25) is 0 Å². The summed E-state index contributed by atoms with van der Waals surface area (Å²) in [5, 5.41) is 2.93. The predicted octanol–water partition coefficient (Wildman–Crippen LogP) is 0.773. The van der Waals surface area contributed by atoms with E-state index < -0.39 is 0 Å². The van der Waals surface area contributed by atoms with Crippen molar-refractivity contribution in [3.8, 4) is 0 Å². The first-order valence-electron chi connectivity index (χ1n) is 4.91. The molecule has 1 heterocycles. The van der Waals surface area contributed by atoms with Gasteiger partial charge in [0.25, 0.3) is 0 Å². The first-order chi connectivity index (χ1) is 6.26. The van der Waals surface area contributed by atoms with Gasteiger partial charge in [-0.3, -0.25) is 4.79 Å². The Hall–Kier alpha value is -0.830. The second-order valence-corrected chi connectivity index (χ2v) is 3.42. The van der Waals surface area contributed by atoms with E-state index in [0.717, 1.165) is 32.5 Å². The fraction of sp³-hybridized carbons (Fsp3) is 0.700. The highest BCUT2D eigenvalue weighted by atomic mass is 16.1. The van der Waals surface area contributed by atoms with Crippen LogP contribution in [0, 0.1) is 0 Å². The van der Waals surface area contributed by atoms with Gasteiger partial charge in [0.15, 0.2) is 0 Å². The standard InChI is InChI=1S/C10H18N2O/c1-3-10(13)11-9-5-7-12(4-2)8-6-9/h3,9H,1,4-8H2,2H3,(H,11,13). The van der Waals surface area contributed by atoms with Crippen molar-refractivity contribution in [2.24, 2.45) is 0 Å². The van der Waals surface area contributed by atoms with E-state index in [1.807, 2.05) is 0 Å². The molecule has 3 nitrogen and oxygen atoms in total. The Bertz CT molecular complexity index is 183. The fourth-order valence-electron chi connectivity index (χ4n) is 1.65. The number of hydrogen-bond acceptors (Lipinski definition) is 2. The van der Waals surface area contributed by atoms with Crippen LogP contribution in [0.3, 0.4) is 0 Å². The number of carbonyl (C=O) groups is 1. The quantitative estimate of drug-likeness (QED) is 0.654. The maximum absolute atomic E-state index is 11.0. The van der Waals surface area contributed by atoms with Gasteiger partial charge >= 0.3 is 0 Å². The molecule has 1 fully saturated rings. The number of amides is 1. The molecule has 74 valence electrons. The minimum atomic E-state index is -0.0463. The average molecular weight is 182 g/mol. The maximum atomic E-state index is 11.0. The lowest BCUT2D eigenvalue weighted by molar-refractivity contribution is -0.117. The summed E-state index contributed by atoms with van der Waals surface area (Å²) in [6, 6.07) is 0.355. The summed E-state index contributed by atoms with van der Waals surface area (Å²) in [5.41, 5.74) is 0. The first-order valence-corrected chi connectivity index (χ1v) is 4.91. The molecule has 0 bridgehead atoms. The van der Waals surface area contributed by atoms with Crippen molar-refractivity contribution in [3.05, 3.63) is 12.7 Å². The van der Waals surface area contributed by atoms with Crippen molar-refractivity contribution >= 4 is 5.91 Å². The third kappa shape index (κ3) is 3.19. The van der Waals surface area contributed by atoms with Crippen molar-refractivity contribution < 1.29 is 4.79 Å². The van der Waals surface area contributed by atoms with Gasteiger partial charge in [-0.1, -0.05) is 13.5 Å². The lowest BCUT2D eigenvalue weighted by atomic mass is 10.1. The number of nitrogens with zero attached hydrogens (tertiary/aromatic N) is 1. The van der Waals surface area contributed by atoms with Crippen LogP contribution in [-0.4, -0.2) is 36.5 Å². The zero-order valence-electron chi connectivity index (χ0n) is 8.25. The molecule has 13 heavy (non-hydrogen) atoms. The van der Waals surface area contributed by atoms with E-state index in [0.29, 0.717) is 6.04 Å². The Labute approximate surface area is 79.8 Å². The second-order valence-electron chi connectivity index (χ2n) is 3.42. The molecule has 0 aromatic rings. The van der Waals surface area contributed by atoms with Gasteiger partial charge in [-0.2, -0.15) is 0 Å². The molecular weight excluding hydrogens is 164 g/mol. The number of rotatable bonds is 3. The third-order valence-corrected chi connectivity index (χ3v) is 2.57. The van der Waals surface area contributed by atoms with Gasteiger partial charge in [-0.25, -0.2) is 0 Å². The number of carbonyl (C=O) groups excluding carboxylic acids is 1. The van der Waals surface area contributed by atoms with Gasteiger partial charge in [-0.15, -0.1) is 0 Å². The lowest BCUT2D eigenvalue weighted by Gasteiger charge is -2.31. The average Bonchev–Trinajstić information content (AvgIpc) is 2.19. The SMILES string of the molecule is C=CC(=O)NC1CCN(CC)CC1. The Kier molecular flexibility index (Phi) is 3.96. The molecule has 0 saturated carbocycles. The summed E-state index contributed by atoms with van der Waals surface area (Å²) in [7, 11) is 0. The summed E-state index contributed by atoms with van der Waals surface area (Å²) < 4.78 is 0. The minimum Gasteiger partial charge on any atom is -0.350 e. The van der Waals surface area contributed by atoms with E-state index in [-0.39, 0.29) is 5.91 Å². The van der Waals surface area contributed by atoms with Crippen molar-refractivity contribution in [1.29, 1.82) is 0 Å². The zero-order chi connectivity index (χ0) is 9.68. The summed E-state index contributed by atoms with van der Waals surface area (Å²) in [6.07, 6.45) is 3.47. The Morgan fingerprint density at radius 2 is 2.23 bits per heavy atom. The molecule has 0 aromatic carbocycles.